The lowest BCUT2D eigenvalue weighted by molar-refractivity contribution is -0.300. The van der Waals surface area contributed by atoms with Crippen molar-refractivity contribution in [1.82, 2.24) is 16.2 Å². The van der Waals surface area contributed by atoms with Gasteiger partial charge in [-0.1, -0.05) is 32.6 Å². The number of halogens is 6. The predicted octanol–water partition coefficient (Wildman–Crippen LogP) is 3.35. The fourth-order valence-electron chi connectivity index (χ4n) is 4.73. The van der Waals surface area contributed by atoms with E-state index < -0.39 is 54.8 Å². The van der Waals surface area contributed by atoms with E-state index in [4.69, 9.17) is 4.74 Å². The van der Waals surface area contributed by atoms with Gasteiger partial charge >= 0.3 is 12.4 Å². The van der Waals surface area contributed by atoms with E-state index in [1.807, 2.05) is 6.92 Å². The second kappa shape index (κ2) is 8.49. The molecule has 0 radical (unpaired) electrons. The molecule has 0 aromatic carbocycles. The number of rotatable bonds is 0. The predicted molar refractivity (Wildman–Crippen MR) is 92.3 cm³/mol. The summed E-state index contributed by atoms with van der Waals surface area (Å²) in [5.74, 6) is -1.49. The maximum absolute atomic E-state index is 13.6. The maximum Gasteiger partial charge on any atom is 0.421 e. The summed E-state index contributed by atoms with van der Waals surface area (Å²) in [6.45, 7) is 1.87. The first-order valence-electron chi connectivity index (χ1n) is 10.2. The second-order valence-electron chi connectivity index (χ2n) is 8.69. The summed E-state index contributed by atoms with van der Waals surface area (Å²) in [6, 6.07) is -1.42. The van der Waals surface area contributed by atoms with Crippen molar-refractivity contribution in [1.29, 1.82) is 0 Å². The number of nitrogens with one attached hydrogen (secondary N) is 3. The molecule has 11 heteroatoms. The van der Waals surface area contributed by atoms with Gasteiger partial charge in [0.2, 0.25) is 5.60 Å². The van der Waals surface area contributed by atoms with Gasteiger partial charge in [-0.25, -0.2) is 10.9 Å². The van der Waals surface area contributed by atoms with Crippen LogP contribution in [-0.4, -0.2) is 47.6 Å². The summed E-state index contributed by atoms with van der Waals surface area (Å²) in [7, 11) is 0. The molecule has 3 fully saturated rings. The van der Waals surface area contributed by atoms with E-state index in [-0.39, 0.29) is 25.2 Å². The quantitative estimate of drug-likeness (QED) is 0.442. The van der Waals surface area contributed by atoms with Crippen molar-refractivity contribution in [3.8, 4) is 0 Å². The smallest absolute Gasteiger partial charge is 0.377 e. The third-order valence-electron chi connectivity index (χ3n) is 6.46. The third kappa shape index (κ3) is 5.00. The molecule has 0 saturated carbocycles. The van der Waals surface area contributed by atoms with Crippen LogP contribution in [0.1, 0.15) is 58.3 Å². The molecule has 0 aromatic rings. The first kappa shape index (κ1) is 23.1. The number of hydrogen-bond donors (Lipinski definition) is 4. The summed E-state index contributed by atoms with van der Waals surface area (Å²) >= 11 is 0. The Labute approximate surface area is 165 Å². The zero-order valence-corrected chi connectivity index (χ0v) is 16.2. The van der Waals surface area contributed by atoms with Gasteiger partial charge in [0.25, 0.3) is 0 Å². The molecule has 3 heterocycles. The van der Waals surface area contributed by atoms with E-state index in [9.17, 15) is 31.4 Å². The molecule has 7 atom stereocenters. The zero-order valence-electron chi connectivity index (χ0n) is 16.2. The fraction of sp³-hybridized carbons (Fsp3) is 1.00. The average molecular weight is 433 g/mol. The van der Waals surface area contributed by atoms with Gasteiger partial charge < -0.3 is 15.2 Å². The van der Waals surface area contributed by atoms with Gasteiger partial charge in [0.05, 0.1) is 5.92 Å². The van der Waals surface area contributed by atoms with Crippen molar-refractivity contribution in [2.75, 3.05) is 0 Å². The minimum atomic E-state index is -4.91. The van der Waals surface area contributed by atoms with Gasteiger partial charge in [0.1, 0.15) is 6.23 Å². The minimum absolute atomic E-state index is 0.00358. The molecule has 3 aliphatic heterocycles. The van der Waals surface area contributed by atoms with Crippen LogP contribution < -0.4 is 16.2 Å². The molecule has 3 saturated heterocycles. The Balaban J connectivity index is 1.82. The van der Waals surface area contributed by atoms with E-state index in [1.54, 1.807) is 0 Å². The van der Waals surface area contributed by atoms with Crippen LogP contribution in [0.25, 0.3) is 0 Å². The first-order chi connectivity index (χ1) is 13.4. The Morgan fingerprint density at radius 3 is 2.31 bits per heavy atom. The standard InChI is InChI=1S/C18H29F6N3O2/c1-10-5-3-2-4-8-16(28,18(22,23)24)15-27-26-14(29-15)12-7-6-11(17(19,20)21)13(9-10)25-12/h10-15,25-28H,2-9H2,1H3/t10?,11?,12?,13?,14?,15?,16-/m1/s1. The van der Waals surface area contributed by atoms with Crippen LogP contribution in [0.4, 0.5) is 26.3 Å². The molecular weight excluding hydrogens is 404 g/mol. The molecule has 0 spiro atoms. The highest BCUT2D eigenvalue weighted by molar-refractivity contribution is 4.99. The van der Waals surface area contributed by atoms with E-state index >= 15 is 0 Å². The average Bonchev–Trinajstić information content (AvgIpc) is 3.09. The fourth-order valence-corrected chi connectivity index (χ4v) is 4.73. The Kier molecular flexibility index (Phi) is 6.75. The number of aliphatic hydroxyl groups is 1. The second-order valence-corrected chi connectivity index (χ2v) is 8.69. The lowest BCUT2D eigenvalue weighted by Gasteiger charge is -2.41. The maximum atomic E-state index is 13.6. The minimum Gasteiger partial charge on any atom is -0.377 e. The van der Waals surface area contributed by atoms with Crippen LogP contribution in [0.2, 0.25) is 0 Å². The lowest BCUT2D eigenvalue weighted by Crippen LogP contribution is -2.59. The van der Waals surface area contributed by atoms with Crippen molar-refractivity contribution in [2.24, 2.45) is 11.8 Å². The lowest BCUT2D eigenvalue weighted by atomic mass is 9.81. The van der Waals surface area contributed by atoms with E-state index in [1.165, 1.54) is 0 Å². The number of piperidine rings is 1. The molecule has 6 unspecified atom stereocenters. The number of alkyl halides is 6. The van der Waals surface area contributed by atoms with Crippen LogP contribution in [-0.2, 0) is 4.74 Å². The van der Waals surface area contributed by atoms with E-state index in [0.717, 1.165) is 0 Å². The molecule has 170 valence electrons. The Hall–Kier alpha value is -0.620. The molecular formula is C18H29F6N3O2. The van der Waals surface area contributed by atoms with Crippen LogP contribution in [0.5, 0.6) is 0 Å². The van der Waals surface area contributed by atoms with Gasteiger partial charge in [0, 0.05) is 12.1 Å². The Morgan fingerprint density at radius 1 is 0.931 bits per heavy atom. The molecule has 0 aromatic heterocycles. The van der Waals surface area contributed by atoms with E-state index in [0.29, 0.717) is 25.7 Å². The highest BCUT2D eigenvalue weighted by Gasteiger charge is 2.61. The van der Waals surface area contributed by atoms with E-state index in [2.05, 4.69) is 16.2 Å². The topological polar surface area (TPSA) is 65.5 Å². The number of fused-ring (bicyclic) bond motifs is 5. The van der Waals surface area contributed by atoms with Crippen molar-refractivity contribution in [3.63, 3.8) is 0 Å². The summed E-state index contributed by atoms with van der Waals surface area (Å²) in [4.78, 5) is 0. The molecule has 4 N–H and O–H groups in total. The van der Waals surface area contributed by atoms with Crippen LogP contribution in [0.3, 0.4) is 0 Å². The zero-order chi connectivity index (χ0) is 21.4. The van der Waals surface area contributed by atoms with Gasteiger partial charge in [-0.15, -0.1) is 0 Å². The molecule has 5 nitrogen and oxygen atoms in total. The highest BCUT2D eigenvalue weighted by Crippen LogP contribution is 2.42. The highest BCUT2D eigenvalue weighted by atomic mass is 19.4. The third-order valence-corrected chi connectivity index (χ3v) is 6.46. The molecule has 3 rings (SSSR count). The monoisotopic (exact) mass is 433 g/mol. The number of hydrazine groups is 1. The summed E-state index contributed by atoms with van der Waals surface area (Å²) in [6.07, 6.45) is -10.3. The van der Waals surface area contributed by atoms with Crippen molar-refractivity contribution in [2.45, 2.75) is 101 Å². The van der Waals surface area contributed by atoms with Gasteiger partial charge in [-0.05, 0) is 31.6 Å². The summed E-state index contributed by atoms with van der Waals surface area (Å²) in [5.41, 5.74) is 1.89. The van der Waals surface area contributed by atoms with Gasteiger partial charge in [-0.2, -0.15) is 26.3 Å². The van der Waals surface area contributed by atoms with Crippen molar-refractivity contribution >= 4 is 0 Å². The molecule has 0 amide bonds. The Morgan fingerprint density at radius 2 is 1.66 bits per heavy atom. The van der Waals surface area contributed by atoms with Crippen LogP contribution in [0.15, 0.2) is 0 Å². The van der Waals surface area contributed by atoms with Crippen LogP contribution in [0, 0.1) is 11.8 Å². The van der Waals surface area contributed by atoms with Gasteiger partial charge in [0.15, 0.2) is 6.23 Å². The number of ether oxygens (including phenoxy) is 1. The molecule has 4 bridgehead atoms. The van der Waals surface area contributed by atoms with Crippen molar-refractivity contribution < 1.29 is 36.2 Å². The van der Waals surface area contributed by atoms with Crippen molar-refractivity contribution in [3.05, 3.63) is 0 Å². The van der Waals surface area contributed by atoms with Crippen LogP contribution >= 0.6 is 0 Å². The van der Waals surface area contributed by atoms with Gasteiger partial charge in [-0.3, -0.25) is 0 Å². The molecule has 3 aliphatic rings. The summed E-state index contributed by atoms with van der Waals surface area (Å²) < 4.78 is 86.8. The largest absolute Gasteiger partial charge is 0.421 e. The molecule has 29 heavy (non-hydrogen) atoms. The first-order valence-corrected chi connectivity index (χ1v) is 10.2. The molecule has 0 aliphatic carbocycles. The SMILES string of the molecule is CC1CCCCC[C@](O)(C(F)(F)F)C2NNC(O2)C2CCC(C(F)(F)F)C(C1)N2. The normalized spacial score (nSPS) is 43.0. The number of hydrogen-bond acceptors (Lipinski definition) is 5. The summed E-state index contributed by atoms with van der Waals surface area (Å²) in [5, 5.41) is 13.4. The Bertz CT molecular complexity index is 561.